The molecule has 10 nitrogen and oxygen atoms in total. The third-order valence-electron chi connectivity index (χ3n) is 4.50. The molecule has 4 aromatic rings. The lowest BCUT2D eigenvalue weighted by atomic mass is 10.1. The largest absolute Gasteiger partial charge is 0.336 e. The molecule has 1 aromatic carbocycles. The standard InChI is InChI=1S/C20H19N5O5S/c1-12-7-8-14(18-23-20(29-24-18)13(2)30-31(3,27)28)10-15(12)22-19(26)16-11-21-17-6-4-5-9-25(16)17/h4-11,13H,1-3H3,(H,22,26). The summed E-state index contributed by atoms with van der Waals surface area (Å²) in [5.74, 6) is -0.0514. The first-order valence-electron chi connectivity index (χ1n) is 9.27. The molecule has 11 heteroatoms. The molecule has 160 valence electrons. The van der Waals surface area contributed by atoms with Gasteiger partial charge in [-0.3, -0.25) is 13.4 Å². The summed E-state index contributed by atoms with van der Waals surface area (Å²) in [5, 5.41) is 6.78. The van der Waals surface area contributed by atoms with E-state index in [9.17, 15) is 13.2 Å². The van der Waals surface area contributed by atoms with Crippen LogP contribution >= 0.6 is 0 Å². The zero-order chi connectivity index (χ0) is 22.2. The maximum atomic E-state index is 12.8. The molecule has 0 spiro atoms. The molecule has 0 fully saturated rings. The van der Waals surface area contributed by atoms with Gasteiger partial charge in [0.15, 0.2) is 6.10 Å². The van der Waals surface area contributed by atoms with Gasteiger partial charge in [-0.25, -0.2) is 4.98 Å². The summed E-state index contributed by atoms with van der Waals surface area (Å²) in [6.07, 6.45) is 3.30. The lowest BCUT2D eigenvalue weighted by Crippen LogP contribution is -2.15. The van der Waals surface area contributed by atoms with E-state index in [0.29, 0.717) is 22.6 Å². The number of hydrogen-bond donors (Lipinski definition) is 1. The Labute approximate surface area is 178 Å². The Morgan fingerprint density at radius 1 is 1.26 bits per heavy atom. The second-order valence-corrected chi connectivity index (χ2v) is 8.56. The topological polar surface area (TPSA) is 129 Å². The molecule has 4 rings (SSSR count). The van der Waals surface area contributed by atoms with Gasteiger partial charge in [0.25, 0.3) is 21.9 Å². The van der Waals surface area contributed by atoms with Crippen LogP contribution in [0.4, 0.5) is 5.69 Å². The molecule has 0 aliphatic heterocycles. The minimum atomic E-state index is -3.67. The molecular formula is C20H19N5O5S. The number of carbonyl (C=O) groups is 1. The van der Waals surface area contributed by atoms with E-state index in [1.54, 1.807) is 22.7 Å². The molecule has 1 amide bonds. The monoisotopic (exact) mass is 441 g/mol. The minimum absolute atomic E-state index is 0.0253. The van der Waals surface area contributed by atoms with Crippen LogP contribution in [0, 0.1) is 6.92 Å². The van der Waals surface area contributed by atoms with Crippen molar-refractivity contribution in [1.29, 1.82) is 0 Å². The molecule has 3 aromatic heterocycles. The number of nitrogens with one attached hydrogen (secondary N) is 1. The molecule has 0 saturated heterocycles. The number of rotatable bonds is 6. The molecule has 0 bridgehead atoms. The van der Waals surface area contributed by atoms with Gasteiger partial charge in [-0.1, -0.05) is 23.4 Å². The van der Waals surface area contributed by atoms with Crippen LogP contribution in [0.15, 0.2) is 53.3 Å². The molecule has 1 atom stereocenters. The summed E-state index contributed by atoms with van der Waals surface area (Å²) >= 11 is 0. The lowest BCUT2D eigenvalue weighted by Gasteiger charge is -2.09. The van der Waals surface area contributed by atoms with E-state index in [1.165, 1.54) is 13.1 Å². The van der Waals surface area contributed by atoms with Crippen LogP contribution in [0.2, 0.25) is 0 Å². The number of nitrogens with zero attached hydrogens (tertiary/aromatic N) is 4. The summed E-state index contributed by atoms with van der Waals surface area (Å²) < 4.78 is 34.3. The van der Waals surface area contributed by atoms with Crippen molar-refractivity contribution in [1.82, 2.24) is 19.5 Å². The number of hydrogen-bond acceptors (Lipinski definition) is 8. The van der Waals surface area contributed by atoms with Crippen molar-refractivity contribution in [3.05, 3.63) is 65.9 Å². The Morgan fingerprint density at radius 2 is 2.06 bits per heavy atom. The Bertz CT molecular complexity index is 1380. The maximum absolute atomic E-state index is 12.8. The number of benzene rings is 1. The number of imidazole rings is 1. The third kappa shape index (κ3) is 4.47. The molecule has 0 saturated carbocycles. The van der Waals surface area contributed by atoms with Crippen LogP contribution < -0.4 is 5.32 Å². The summed E-state index contributed by atoms with van der Waals surface area (Å²) in [6.45, 7) is 3.35. The summed E-state index contributed by atoms with van der Waals surface area (Å²) in [7, 11) is -3.67. The van der Waals surface area contributed by atoms with Gasteiger partial charge in [0.05, 0.1) is 12.5 Å². The highest BCUT2D eigenvalue weighted by atomic mass is 32.2. The van der Waals surface area contributed by atoms with Gasteiger partial charge in [0.2, 0.25) is 5.82 Å². The van der Waals surface area contributed by atoms with Gasteiger partial charge >= 0.3 is 0 Å². The van der Waals surface area contributed by atoms with Crippen molar-refractivity contribution in [2.45, 2.75) is 20.0 Å². The van der Waals surface area contributed by atoms with Crippen molar-refractivity contribution in [3.8, 4) is 11.4 Å². The predicted octanol–water partition coefficient (Wildman–Crippen LogP) is 2.98. The SMILES string of the molecule is Cc1ccc(-c2noc(C(C)OS(C)(=O)=O)n2)cc1NC(=O)c1cnc2ccccn12. The van der Waals surface area contributed by atoms with Gasteiger partial charge in [-0.05, 0) is 37.6 Å². The van der Waals surface area contributed by atoms with Gasteiger partial charge < -0.3 is 9.84 Å². The first-order chi connectivity index (χ1) is 14.7. The van der Waals surface area contributed by atoms with Gasteiger partial charge in [0.1, 0.15) is 11.3 Å². The van der Waals surface area contributed by atoms with Crippen LogP contribution in [0.1, 0.15) is 35.0 Å². The number of aromatic nitrogens is 4. The Balaban J connectivity index is 1.59. The molecule has 0 aliphatic rings. The summed E-state index contributed by atoms with van der Waals surface area (Å²) in [4.78, 5) is 21.3. The van der Waals surface area contributed by atoms with Crippen molar-refractivity contribution < 1.29 is 21.9 Å². The predicted molar refractivity (Wildman–Crippen MR) is 112 cm³/mol. The third-order valence-corrected chi connectivity index (χ3v) is 5.14. The molecular weight excluding hydrogens is 422 g/mol. The summed E-state index contributed by atoms with van der Waals surface area (Å²) in [5.41, 5.74) is 3.06. The van der Waals surface area contributed by atoms with Crippen molar-refractivity contribution in [3.63, 3.8) is 0 Å². The number of pyridine rings is 1. The highest BCUT2D eigenvalue weighted by Crippen LogP contribution is 2.26. The van der Waals surface area contributed by atoms with E-state index in [2.05, 4.69) is 20.4 Å². The van der Waals surface area contributed by atoms with E-state index < -0.39 is 16.2 Å². The average molecular weight is 441 g/mol. The van der Waals surface area contributed by atoms with E-state index in [-0.39, 0.29) is 17.6 Å². The summed E-state index contributed by atoms with van der Waals surface area (Å²) in [6, 6.07) is 10.8. The zero-order valence-electron chi connectivity index (χ0n) is 16.9. The average Bonchev–Trinajstić information content (AvgIpc) is 3.36. The van der Waals surface area contributed by atoms with Crippen LogP contribution in [0.25, 0.3) is 17.0 Å². The minimum Gasteiger partial charge on any atom is -0.336 e. The Hall–Kier alpha value is -3.57. The number of carbonyl (C=O) groups excluding carboxylic acids is 1. The van der Waals surface area contributed by atoms with E-state index >= 15 is 0 Å². The second-order valence-electron chi connectivity index (χ2n) is 6.95. The van der Waals surface area contributed by atoms with Gasteiger partial charge in [-0.2, -0.15) is 13.4 Å². The number of aryl methyl sites for hydroxylation is 1. The fourth-order valence-electron chi connectivity index (χ4n) is 3.00. The normalized spacial score (nSPS) is 12.7. The smallest absolute Gasteiger partial charge is 0.274 e. The highest BCUT2D eigenvalue weighted by molar-refractivity contribution is 7.86. The van der Waals surface area contributed by atoms with E-state index in [4.69, 9.17) is 8.71 Å². The lowest BCUT2D eigenvalue weighted by molar-refractivity contribution is 0.102. The number of fused-ring (bicyclic) bond motifs is 1. The van der Waals surface area contributed by atoms with E-state index in [1.807, 2.05) is 31.2 Å². The fraction of sp³-hybridized carbons (Fsp3) is 0.200. The van der Waals surface area contributed by atoms with Crippen LogP contribution in [0.5, 0.6) is 0 Å². The second kappa shape index (κ2) is 7.93. The van der Waals surface area contributed by atoms with Crippen molar-refractivity contribution in [2.24, 2.45) is 0 Å². The molecule has 1 N–H and O–H groups in total. The molecule has 0 aliphatic carbocycles. The van der Waals surface area contributed by atoms with Crippen LogP contribution in [0.3, 0.4) is 0 Å². The first kappa shape index (κ1) is 20.7. The highest BCUT2D eigenvalue weighted by Gasteiger charge is 2.21. The van der Waals surface area contributed by atoms with Crippen molar-refractivity contribution >= 4 is 27.4 Å². The quantitative estimate of drug-likeness (QED) is 0.452. The van der Waals surface area contributed by atoms with E-state index in [0.717, 1.165) is 11.8 Å². The number of anilines is 1. The number of amides is 1. The zero-order valence-corrected chi connectivity index (χ0v) is 17.8. The Kier molecular flexibility index (Phi) is 5.29. The molecule has 3 heterocycles. The van der Waals surface area contributed by atoms with Gasteiger partial charge in [-0.15, -0.1) is 0 Å². The van der Waals surface area contributed by atoms with Crippen molar-refractivity contribution in [2.75, 3.05) is 11.6 Å². The molecule has 31 heavy (non-hydrogen) atoms. The van der Waals surface area contributed by atoms with Crippen LogP contribution in [-0.2, 0) is 14.3 Å². The van der Waals surface area contributed by atoms with Gasteiger partial charge in [0, 0.05) is 17.4 Å². The molecule has 0 radical (unpaired) electrons. The maximum Gasteiger partial charge on any atom is 0.274 e. The Morgan fingerprint density at radius 3 is 2.84 bits per heavy atom. The van der Waals surface area contributed by atoms with Crippen LogP contribution in [-0.4, -0.2) is 40.1 Å². The molecule has 1 unspecified atom stereocenters. The fourth-order valence-corrected chi connectivity index (χ4v) is 3.61. The first-order valence-corrected chi connectivity index (χ1v) is 11.1.